The molecule has 0 radical (unpaired) electrons. The van der Waals surface area contributed by atoms with E-state index in [0.717, 1.165) is 33.1 Å². The fourth-order valence-electron chi connectivity index (χ4n) is 2.76. The normalized spacial score (nSPS) is 10.5. The number of amides is 2. The molecule has 28 heavy (non-hydrogen) atoms. The number of benzene rings is 2. The zero-order chi connectivity index (χ0) is 20.1. The first-order valence-corrected chi connectivity index (χ1v) is 9.90. The maximum absolute atomic E-state index is 12.3. The zero-order valence-corrected chi connectivity index (χ0v) is 17.0. The minimum atomic E-state index is -0.0749. The summed E-state index contributed by atoms with van der Waals surface area (Å²) in [6, 6.07) is 15.7. The summed E-state index contributed by atoms with van der Waals surface area (Å²) in [7, 11) is 1.78. The Kier molecular flexibility index (Phi) is 6.21. The van der Waals surface area contributed by atoms with E-state index in [1.165, 1.54) is 11.3 Å². The van der Waals surface area contributed by atoms with E-state index in [1.807, 2.05) is 60.8 Å². The Morgan fingerprint density at radius 3 is 2.57 bits per heavy atom. The quantitative estimate of drug-likeness (QED) is 0.680. The van der Waals surface area contributed by atoms with Crippen LogP contribution in [0.15, 0.2) is 53.9 Å². The van der Waals surface area contributed by atoms with Gasteiger partial charge >= 0.3 is 0 Å². The average Bonchev–Trinajstić information content (AvgIpc) is 3.10. The van der Waals surface area contributed by atoms with Crippen molar-refractivity contribution in [1.82, 2.24) is 9.88 Å². The molecule has 0 aliphatic rings. The molecule has 5 nitrogen and oxygen atoms in total. The molecule has 0 fully saturated rings. The molecule has 0 atom stereocenters. The minimum Gasteiger partial charge on any atom is -0.342 e. The highest BCUT2D eigenvalue weighted by Crippen LogP contribution is 2.23. The smallest absolute Gasteiger partial charge is 0.231 e. The summed E-state index contributed by atoms with van der Waals surface area (Å²) >= 11 is 1.48. The summed E-state index contributed by atoms with van der Waals surface area (Å²) in [5.41, 5.74) is 4.82. The van der Waals surface area contributed by atoms with Gasteiger partial charge in [0.25, 0.3) is 0 Å². The summed E-state index contributed by atoms with van der Waals surface area (Å²) in [4.78, 5) is 29.9. The van der Waals surface area contributed by atoms with Gasteiger partial charge < -0.3 is 10.2 Å². The molecule has 0 saturated carbocycles. The minimum absolute atomic E-state index is 0.0390. The van der Waals surface area contributed by atoms with E-state index in [9.17, 15) is 9.59 Å². The molecular weight excluding hydrogens is 370 g/mol. The lowest BCUT2D eigenvalue weighted by Crippen LogP contribution is -2.22. The van der Waals surface area contributed by atoms with Crippen LogP contribution in [0.4, 0.5) is 5.69 Å². The van der Waals surface area contributed by atoms with Gasteiger partial charge in [-0.2, -0.15) is 0 Å². The second kappa shape index (κ2) is 8.80. The largest absolute Gasteiger partial charge is 0.342 e. The molecule has 0 aliphatic heterocycles. The Hall–Kier alpha value is -2.99. The molecule has 3 rings (SSSR count). The first-order chi connectivity index (χ1) is 13.4. The van der Waals surface area contributed by atoms with Crippen molar-refractivity contribution in [2.45, 2.75) is 26.8 Å². The fourth-order valence-corrected chi connectivity index (χ4v) is 3.56. The number of aromatic nitrogens is 1. The standard InChI is InChI=1S/C22H23N3O2S/c1-15-5-4-6-19(11-15)23-21(27)12-22-24-20(14-28-22)18-9-7-17(8-10-18)13-25(3)16(2)26/h4-11,14H,12-13H2,1-3H3,(H,23,27). The van der Waals surface area contributed by atoms with Crippen molar-refractivity contribution < 1.29 is 9.59 Å². The topological polar surface area (TPSA) is 62.3 Å². The molecule has 6 heteroatoms. The van der Waals surface area contributed by atoms with Crippen LogP contribution in [0, 0.1) is 6.92 Å². The van der Waals surface area contributed by atoms with Crippen molar-refractivity contribution in [1.29, 1.82) is 0 Å². The highest BCUT2D eigenvalue weighted by Gasteiger charge is 2.10. The number of nitrogens with one attached hydrogen (secondary N) is 1. The van der Waals surface area contributed by atoms with Crippen LogP contribution in [-0.2, 0) is 22.6 Å². The number of carbonyl (C=O) groups is 2. The van der Waals surface area contributed by atoms with E-state index in [2.05, 4.69) is 10.3 Å². The van der Waals surface area contributed by atoms with Gasteiger partial charge in [0.15, 0.2) is 0 Å². The maximum Gasteiger partial charge on any atom is 0.231 e. The third kappa shape index (κ3) is 5.27. The number of rotatable bonds is 6. The number of hydrogen-bond donors (Lipinski definition) is 1. The number of anilines is 1. The van der Waals surface area contributed by atoms with E-state index < -0.39 is 0 Å². The van der Waals surface area contributed by atoms with Crippen molar-refractivity contribution in [3.8, 4) is 11.3 Å². The highest BCUT2D eigenvalue weighted by molar-refractivity contribution is 7.10. The molecule has 0 unspecified atom stereocenters. The van der Waals surface area contributed by atoms with Gasteiger partial charge in [-0.3, -0.25) is 9.59 Å². The van der Waals surface area contributed by atoms with Gasteiger partial charge in [0.05, 0.1) is 12.1 Å². The van der Waals surface area contributed by atoms with Gasteiger partial charge in [-0.05, 0) is 30.2 Å². The van der Waals surface area contributed by atoms with E-state index >= 15 is 0 Å². The molecular formula is C22H23N3O2S. The molecule has 1 heterocycles. The van der Waals surface area contributed by atoms with Crippen molar-refractivity contribution >= 4 is 28.8 Å². The number of carbonyl (C=O) groups excluding carboxylic acids is 2. The van der Waals surface area contributed by atoms with Gasteiger partial charge in [-0.15, -0.1) is 11.3 Å². The van der Waals surface area contributed by atoms with Gasteiger partial charge in [0.1, 0.15) is 5.01 Å². The first-order valence-electron chi connectivity index (χ1n) is 9.02. The van der Waals surface area contributed by atoms with Crippen molar-refractivity contribution in [3.63, 3.8) is 0 Å². The van der Waals surface area contributed by atoms with Crippen molar-refractivity contribution in [2.75, 3.05) is 12.4 Å². The second-order valence-electron chi connectivity index (χ2n) is 6.79. The molecule has 1 N–H and O–H groups in total. The van der Waals surface area contributed by atoms with Crippen molar-refractivity contribution in [3.05, 3.63) is 70.0 Å². The zero-order valence-electron chi connectivity index (χ0n) is 16.2. The molecule has 0 saturated heterocycles. The molecule has 2 aromatic carbocycles. The third-order valence-electron chi connectivity index (χ3n) is 4.37. The number of hydrogen-bond acceptors (Lipinski definition) is 4. The van der Waals surface area contributed by atoms with Crippen molar-refractivity contribution in [2.24, 2.45) is 0 Å². The summed E-state index contributed by atoms with van der Waals surface area (Å²) in [6.45, 7) is 4.13. The Labute approximate surface area is 169 Å². The van der Waals surface area contributed by atoms with E-state index in [-0.39, 0.29) is 18.2 Å². The van der Waals surface area contributed by atoms with Gasteiger partial charge in [-0.1, -0.05) is 36.4 Å². The van der Waals surface area contributed by atoms with Gasteiger partial charge in [-0.25, -0.2) is 4.98 Å². The molecule has 0 aliphatic carbocycles. The number of nitrogens with zero attached hydrogens (tertiary/aromatic N) is 2. The summed E-state index contributed by atoms with van der Waals surface area (Å²) in [6.07, 6.45) is 0.250. The maximum atomic E-state index is 12.3. The van der Waals surface area contributed by atoms with Crippen LogP contribution in [0.3, 0.4) is 0 Å². The molecule has 0 bridgehead atoms. The van der Waals surface area contributed by atoms with E-state index in [1.54, 1.807) is 18.9 Å². The lowest BCUT2D eigenvalue weighted by molar-refractivity contribution is -0.128. The van der Waals surface area contributed by atoms with Gasteiger partial charge in [0, 0.05) is 37.1 Å². The molecule has 1 aromatic heterocycles. The average molecular weight is 394 g/mol. The van der Waals surface area contributed by atoms with Crippen LogP contribution in [-0.4, -0.2) is 28.7 Å². The highest BCUT2D eigenvalue weighted by atomic mass is 32.1. The molecule has 3 aromatic rings. The van der Waals surface area contributed by atoms with E-state index in [0.29, 0.717) is 6.54 Å². The number of thiazole rings is 1. The van der Waals surface area contributed by atoms with E-state index in [4.69, 9.17) is 0 Å². The lowest BCUT2D eigenvalue weighted by Gasteiger charge is -2.14. The van der Waals surface area contributed by atoms with Gasteiger partial charge in [0.2, 0.25) is 11.8 Å². The molecule has 0 spiro atoms. The molecule has 2 amide bonds. The summed E-state index contributed by atoms with van der Waals surface area (Å²) in [5.74, 6) is -0.0359. The van der Waals surface area contributed by atoms with Crippen LogP contribution >= 0.6 is 11.3 Å². The molecule has 144 valence electrons. The SMILES string of the molecule is CC(=O)N(C)Cc1ccc(-c2csc(CC(=O)Nc3cccc(C)c3)n2)cc1. The first kappa shape index (κ1) is 19.8. The Bertz CT molecular complexity index is 979. The summed E-state index contributed by atoms with van der Waals surface area (Å²) in [5, 5.41) is 5.65. The lowest BCUT2D eigenvalue weighted by atomic mass is 10.1. The van der Waals surface area contributed by atoms with Crippen LogP contribution in [0.1, 0.15) is 23.1 Å². The Morgan fingerprint density at radius 2 is 1.89 bits per heavy atom. The number of aryl methyl sites for hydroxylation is 1. The van der Waals surface area contributed by atoms with Crippen LogP contribution < -0.4 is 5.32 Å². The Morgan fingerprint density at radius 1 is 1.14 bits per heavy atom. The predicted octanol–water partition coefficient (Wildman–Crippen LogP) is 4.28. The predicted molar refractivity (Wildman–Crippen MR) is 113 cm³/mol. The Balaban J connectivity index is 1.62. The monoisotopic (exact) mass is 393 g/mol. The third-order valence-corrected chi connectivity index (χ3v) is 5.22. The van der Waals surface area contributed by atoms with Crippen LogP contribution in [0.25, 0.3) is 11.3 Å². The second-order valence-corrected chi connectivity index (χ2v) is 7.74. The summed E-state index contributed by atoms with van der Waals surface area (Å²) < 4.78 is 0. The van der Waals surface area contributed by atoms with Crippen LogP contribution in [0.5, 0.6) is 0 Å². The fraction of sp³-hybridized carbons (Fsp3) is 0.227. The van der Waals surface area contributed by atoms with Crippen LogP contribution in [0.2, 0.25) is 0 Å².